The van der Waals surface area contributed by atoms with Gasteiger partial charge in [0.15, 0.2) is 0 Å². The maximum atomic E-state index is 4.22. The highest BCUT2D eigenvalue weighted by Crippen LogP contribution is 2.69. The fraction of sp³-hybridized carbons (Fsp3) is 0.765. The molecule has 192 valence electrons. The van der Waals surface area contributed by atoms with E-state index in [0.29, 0.717) is 5.41 Å². The fourth-order valence-electron chi connectivity index (χ4n) is 11.7. The number of hydrogen-bond acceptors (Lipinski definition) is 0. The highest BCUT2D eigenvalue weighted by atomic mass is 28.3. The van der Waals surface area contributed by atoms with Gasteiger partial charge in [-0.15, -0.1) is 6.58 Å². The molecule has 5 aliphatic rings. The molecular weight excluding hydrogens is 436 g/mol. The first-order valence-corrected chi connectivity index (χ1v) is 18.9. The highest BCUT2D eigenvalue weighted by molar-refractivity contribution is 6.79. The van der Waals surface area contributed by atoms with Gasteiger partial charge < -0.3 is 0 Å². The van der Waals surface area contributed by atoms with E-state index in [0.717, 1.165) is 52.9 Å². The van der Waals surface area contributed by atoms with Crippen molar-refractivity contribution in [2.24, 2.45) is 47.3 Å². The van der Waals surface area contributed by atoms with Crippen molar-refractivity contribution in [2.45, 2.75) is 114 Å². The van der Waals surface area contributed by atoms with Crippen LogP contribution in [0.3, 0.4) is 0 Å². The van der Waals surface area contributed by atoms with Crippen LogP contribution in [0.1, 0.15) is 89.5 Å². The Bertz CT molecular complexity index is 887. The van der Waals surface area contributed by atoms with Crippen molar-refractivity contribution >= 4 is 8.07 Å². The molecule has 1 aromatic carbocycles. The van der Waals surface area contributed by atoms with Gasteiger partial charge in [0, 0.05) is 0 Å². The molecule has 5 saturated carbocycles. The van der Waals surface area contributed by atoms with E-state index in [2.05, 4.69) is 63.0 Å². The summed E-state index contributed by atoms with van der Waals surface area (Å²) in [6, 6.07) is 13.5. The first kappa shape index (κ1) is 24.5. The summed E-state index contributed by atoms with van der Waals surface area (Å²) in [7, 11) is -1.32. The van der Waals surface area contributed by atoms with Gasteiger partial charge in [0.2, 0.25) is 0 Å². The zero-order valence-electron chi connectivity index (χ0n) is 23.1. The molecule has 10 atom stereocenters. The summed E-state index contributed by atoms with van der Waals surface area (Å²) in [5.41, 5.74) is 3.08. The lowest BCUT2D eigenvalue weighted by molar-refractivity contribution is 0.0529. The van der Waals surface area contributed by atoms with Crippen LogP contribution in [0.15, 0.2) is 43.0 Å². The van der Waals surface area contributed by atoms with E-state index in [-0.39, 0.29) is 0 Å². The smallest absolute Gasteiger partial charge is 0.0545 e. The Labute approximate surface area is 217 Å². The molecule has 5 fully saturated rings. The number of rotatable bonds is 6. The van der Waals surface area contributed by atoms with Gasteiger partial charge in [-0.2, -0.15) is 0 Å². The second kappa shape index (κ2) is 9.49. The van der Waals surface area contributed by atoms with Crippen molar-refractivity contribution in [1.29, 1.82) is 0 Å². The molecule has 0 nitrogen and oxygen atoms in total. The largest absolute Gasteiger partial charge is 0.103 e. The lowest BCUT2D eigenvalue weighted by Gasteiger charge is -2.50. The summed E-state index contributed by atoms with van der Waals surface area (Å²) < 4.78 is 0. The molecule has 6 rings (SSSR count). The van der Waals surface area contributed by atoms with Crippen LogP contribution in [0.2, 0.25) is 24.7 Å². The van der Waals surface area contributed by atoms with E-state index >= 15 is 0 Å². The van der Waals surface area contributed by atoms with Crippen LogP contribution in [0.4, 0.5) is 0 Å². The summed E-state index contributed by atoms with van der Waals surface area (Å²) in [6.07, 6.45) is 20.5. The van der Waals surface area contributed by atoms with Gasteiger partial charge >= 0.3 is 0 Å². The quantitative estimate of drug-likeness (QED) is 0.276. The number of fused-ring (bicyclic) bond motifs is 4. The van der Waals surface area contributed by atoms with E-state index in [9.17, 15) is 0 Å². The minimum atomic E-state index is -1.32. The second-order valence-electron chi connectivity index (χ2n) is 14.6. The molecule has 35 heavy (non-hydrogen) atoms. The van der Waals surface area contributed by atoms with Gasteiger partial charge in [0.05, 0.1) is 8.07 Å². The van der Waals surface area contributed by atoms with Crippen molar-refractivity contribution in [3.63, 3.8) is 0 Å². The van der Waals surface area contributed by atoms with E-state index in [1.807, 2.05) is 0 Å². The van der Waals surface area contributed by atoms with Gasteiger partial charge in [0.1, 0.15) is 0 Å². The Balaban J connectivity index is 1.46. The summed E-state index contributed by atoms with van der Waals surface area (Å²) >= 11 is 0. The van der Waals surface area contributed by atoms with Gasteiger partial charge in [-0.3, -0.25) is 0 Å². The normalized spacial score (nSPS) is 42.7. The van der Waals surface area contributed by atoms with Gasteiger partial charge in [-0.1, -0.05) is 95.0 Å². The summed E-state index contributed by atoms with van der Waals surface area (Å²) in [5.74, 6) is 7.91. The predicted octanol–water partition coefficient (Wildman–Crippen LogP) is 9.89. The molecule has 0 aliphatic heterocycles. The first-order valence-electron chi connectivity index (χ1n) is 15.6. The SMILES string of the molecule is C=CC[Si](C)(C)C1CC(C(C)(c2ccccc2)C2C3CCCCC3C3CCCC32)C2CCCCC21. The van der Waals surface area contributed by atoms with E-state index < -0.39 is 8.07 Å². The molecule has 0 spiro atoms. The monoisotopic (exact) mass is 488 g/mol. The first-order chi connectivity index (χ1) is 17.0. The molecule has 10 unspecified atom stereocenters. The van der Waals surface area contributed by atoms with E-state index in [1.54, 1.807) is 18.4 Å². The Hall–Kier alpha value is -0.823. The topological polar surface area (TPSA) is 0 Å². The zero-order chi connectivity index (χ0) is 24.2. The van der Waals surface area contributed by atoms with E-state index in [1.165, 1.54) is 70.3 Å². The van der Waals surface area contributed by atoms with Crippen LogP contribution in [0.5, 0.6) is 0 Å². The minimum Gasteiger partial charge on any atom is -0.103 e. The average molecular weight is 489 g/mol. The zero-order valence-corrected chi connectivity index (χ0v) is 24.1. The maximum Gasteiger partial charge on any atom is 0.0545 e. The average Bonchev–Trinajstić information content (AvgIpc) is 3.57. The number of hydrogen-bond donors (Lipinski definition) is 0. The number of benzene rings is 1. The van der Waals surface area contributed by atoms with Crippen molar-refractivity contribution in [3.05, 3.63) is 48.6 Å². The third-order valence-corrected chi connectivity index (χ3v) is 16.9. The third kappa shape index (κ3) is 3.88. The molecule has 0 N–H and O–H groups in total. The summed E-state index contributed by atoms with van der Waals surface area (Å²) in [4.78, 5) is 0. The highest BCUT2D eigenvalue weighted by Gasteiger charge is 2.63. The van der Waals surface area contributed by atoms with Gasteiger partial charge in [0.25, 0.3) is 0 Å². The van der Waals surface area contributed by atoms with Crippen LogP contribution < -0.4 is 0 Å². The molecule has 1 heteroatoms. The van der Waals surface area contributed by atoms with Gasteiger partial charge in [-0.05, 0) is 108 Å². The van der Waals surface area contributed by atoms with Crippen LogP contribution in [-0.2, 0) is 5.41 Å². The third-order valence-electron chi connectivity index (χ3n) is 12.9. The predicted molar refractivity (Wildman–Crippen MR) is 153 cm³/mol. The Morgan fingerprint density at radius 2 is 1.31 bits per heavy atom. The molecule has 0 radical (unpaired) electrons. The van der Waals surface area contributed by atoms with Crippen LogP contribution >= 0.6 is 0 Å². The van der Waals surface area contributed by atoms with Crippen LogP contribution in [-0.4, -0.2) is 8.07 Å². The summed E-state index contributed by atoms with van der Waals surface area (Å²) in [5, 5.41) is 0. The molecule has 5 aliphatic carbocycles. The lowest BCUT2D eigenvalue weighted by atomic mass is 9.54. The van der Waals surface area contributed by atoms with Crippen molar-refractivity contribution in [2.75, 3.05) is 0 Å². The minimum absolute atomic E-state index is 0.360. The Kier molecular flexibility index (Phi) is 6.64. The molecule has 0 amide bonds. The molecule has 0 aromatic heterocycles. The van der Waals surface area contributed by atoms with Gasteiger partial charge in [-0.25, -0.2) is 0 Å². The molecule has 0 saturated heterocycles. The van der Waals surface area contributed by atoms with E-state index in [4.69, 9.17) is 0 Å². The number of allylic oxidation sites excluding steroid dienone is 1. The molecule has 0 bridgehead atoms. The van der Waals surface area contributed by atoms with Crippen molar-refractivity contribution < 1.29 is 0 Å². The Morgan fingerprint density at radius 1 is 0.771 bits per heavy atom. The Morgan fingerprint density at radius 3 is 1.97 bits per heavy atom. The standard InChI is InChI=1S/C34H52Si/c1-5-22-35(3,4)32-23-31(27-17-10-11-18-28(27)32)34(2,24-14-7-6-8-15-24)33-29-19-12-9-16-25(29)26-20-13-21-30(26)33/h5-8,14-15,25-33H,1,9-13,16-23H2,2-4H3. The van der Waals surface area contributed by atoms with Crippen molar-refractivity contribution in [3.8, 4) is 0 Å². The summed E-state index contributed by atoms with van der Waals surface area (Å²) in [6.45, 7) is 12.5. The fourth-order valence-corrected chi connectivity index (χ4v) is 15.3. The second-order valence-corrected chi connectivity index (χ2v) is 19.7. The van der Waals surface area contributed by atoms with Crippen LogP contribution in [0.25, 0.3) is 0 Å². The molecular formula is C34H52Si. The molecule has 1 aromatic rings. The molecule has 0 heterocycles. The van der Waals surface area contributed by atoms with Crippen LogP contribution in [0, 0.1) is 47.3 Å². The lowest BCUT2D eigenvalue weighted by Crippen LogP contribution is -2.47. The van der Waals surface area contributed by atoms with Crippen molar-refractivity contribution in [1.82, 2.24) is 0 Å². The maximum absolute atomic E-state index is 4.22.